The minimum Gasteiger partial charge on any atom is -0.346 e. The Morgan fingerprint density at radius 3 is 2.58 bits per heavy atom. The summed E-state index contributed by atoms with van der Waals surface area (Å²) in [7, 11) is 0. The molecule has 1 fully saturated rings. The Kier molecular flexibility index (Phi) is 6.32. The van der Waals surface area contributed by atoms with Crippen LogP contribution in [0.15, 0.2) is 35.7 Å². The molecule has 138 valence electrons. The van der Waals surface area contributed by atoms with Crippen LogP contribution in [-0.4, -0.2) is 65.9 Å². The fourth-order valence-corrected chi connectivity index (χ4v) is 3.65. The summed E-state index contributed by atoms with van der Waals surface area (Å²) in [6.45, 7) is 3.63. The molecule has 1 aromatic carbocycles. The van der Waals surface area contributed by atoms with E-state index < -0.39 is 0 Å². The number of benzene rings is 1. The van der Waals surface area contributed by atoms with Crippen molar-refractivity contribution in [1.29, 1.82) is 0 Å². The van der Waals surface area contributed by atoms with E-state index in [1.54, 1.807) is 16.2 Å². The van der Waals surface area contributed by atoms with E-state index in [1.165, 1.54) is 0 Å². The summed E-state index contributed by atoms with van der Waals surface area (Å²) in [6.07, 6.45) is 0. The number of amides is 2. The van der Waals surface area contributed by atoms with E-state index in [-0.39, 0.29) is 24.9 Å². The summed E-state index contributed by atoms with van der Waals surface area (Å²) in [5, 5.41) is 5.65. The first-order valence-electron chi connectivity index (χ1n) is 8.62. The SMILES string of the molecule is NCC(=O)NCC(=O)N1CCN(Cc2csc(-c3ccccc3)n2)CC1. The lowest BCUT2D eigenvalue weighted by molar-refractivity contribution is -0.134. The van der Waals surface area contributed by atoms with E-state index in [0.717, 1.165) is 35.9 Å². The van der Waals surface area contributed by atoms with Gasteiger partial charge in [-0.25, -0.2) is 4.98 Å². The van der Waals surface area contributed by atoms with Crippen LogP contribution < -0.4 is 11.1 Å². The second-order valence-corrected chi connectivity index (χ2v) is 7.01. The maximum Gasteiger partial charge on any atom is 0.242 e. The van der Waals surface area contributed by atoms with Crippen molar-refractivity contribution in [3.8, 4) is 10.6 Å². The monoisotopic (exact) mass is 373 g/mol. The van der Waals surface area contributed by atoms with Crippen molar-refractivity contribution in [2.24, 2.45) is 5.73 Å². The average molecular weight is 373 g/mol. The van der Waals surface area contributed by atoms with Crippen LogP contribution in [0.4, 0.5) is 0 Å². The molecule has 2 amide bonds. The largest absolute Gasteiger partial charge is 0.346 e. The zero-order valence-electron chi connectivity index (χ0n) is 14.6. The first-order valence-corrected chi connectivity index (χ1v) is 9.50. The lowest BCUT2D eigenvalue weighted by atomic mass is 10.2. The molecule has 26 heavy (non-hydrogen) atoms. The van der Waals surface area contributed by atoms with Crippen LogP contribution in [-0.2, 0) is 16.1 Å². The second kappa shape index (κ2) is 8.88. The number of rotatable bonds is 6. The highest BCUT2D eigenvalue weighted by atomic mass is 32.1. The lowest BCUT2D eigenvalue weighted by Crippen LogP contribution is -2.51. The molecule has 0 atom stereocenters. The molecule has 1 aliphatic rings. The molecule has 0 aliphatic carbocycles. The summed E-state index contributed by atoms with van der Waals surface area (Å²) >= 11 is 1.66. The van der Waals surface area contributed by atoms with Gasteiger partial charge in [-0.05, 0) is 0 Å². The summed E-state index contributed by atoms with van der Waals surface area (Å²) in [5.41, 5.74) is 7.42. The fraction of sp³-hybridized carbons (Fsp3) is 0.389. The Balaban J connectivity index is 1.46. The van der Waals surface area contributed by atoms with Crippen LogP contribution in [0, 0.1) is 0 Å². The molecule has 0 spiro atoms. The van der Waals surface area contributed by atoms with Crippen molar-refractivity contribution in [2.45, 2.75) is 6.54 Å². The first-order chi connectivity index (χ1) is 12.7. The molecule has 8 heteroatoms. The van der Waals surface area contributed by atoms with Gasteiger partial charge >= 0.3 is 0 Å². The highest BCUT2D eigenvalue weighted by Crippen LogP contribution is 2.24. The van der Waals surface area contributed by atoms with Crippen molar-refractivity contribution in [1.82, 2.24) is 20.1 Å². The maximum atomic E-state index is 12.1. The molecule has 3 rings (SSSR count). The van der Waals surface area contributed by atoms with Crippen LogP contribution in [0.1, 0.15) is 5.69 Å². The smallest absolute Gasteiger partial charge is 0.242 e. The highest BCUT2D eigenvalue weighted by Gasteiger charge is 2.21. The van der Waals surface area contributed by atoms with Gasteiger partial charge < -0.3 is 16.0 Å². The van der Waals surface area contributed by atoms with E-state index in [1.807, 2.05) is 18.2 Å². The lowest BCUT2D eigenvalue weighted by Gasteiger charge is -2.34. The topological polar surface area (TPSA) is 91.6 Å². The number of aromatic nitrogens is 1. The Morgan fingerprint density at radius 1 is 1.15 bits per heavy atom. The van der Waals surface area contributed by atoms with Gasteiger partial charge in [-0.15, -0.1) is 11.3 Å². The van der Waals surface area contributed by atoms with Gasteiger partial charge in [0.1, 0.15) is 5.01 Å². The number of nitrogens with two attached hydrogens (primary N) is 1. The highest BCUT2D eigenvalue weighted by molar-refractivity contribution is 7.13. The van der Waals surface area contributed by atoms with Crippen molar-refractivity contribution in [3.05, 3.63) is 41.4 Å². The van der Waals surface area contributed by atoms with Crippen LogP contribution in [0.5, 0.6) is 0 Å². The number of hydrogen-bond acceptors (Lipinski definition) is 6. The first kappa shape index (κ1) is 18.5. The zero-order valence-corrected chi connectivity index (χ0v) is 15.4. The molecule has 0 saturated carbocycles. The molecule has 0 bridgehead atoms. The Hall–Kier alpha value is -2.29. The minimum atomic E-state index is -0.310. The number of thiazole rings is 1. The van der Waals surface area contributed by atoms with Crippen LogP contribution in [0.25, 0.3) is 10.6 Å². The molecule has 2 aromatic rings. The number of nitrogens with zero attached hydrogens (tertiary/aromatic N) is 3. The van der Waals surface area contributed by atoms with Gasteiger partial charge in [0.15, 0.2) is 0 Å². The van der Waals surface area contributed by atoms with Gasteiger partial charge in [-0.1, -0.05) is 30.3 Å². The summed E-state index contributed by atoms with van der Waals surface area (Å²) in [5.74, 6) is -0.374. The van der Waals surface area contributed by atoms with Crippen molar-refractivity contribution in [2.75, 3.05) is 39.3 Å². The number of nitrogens with one attached hydrogen (secondary N) is 1. The zero-order chi connectivity index (χ0) is 18.4. The van der Waals surface area contributed by atoms with Crippen molar-refractivity contribution < 1.29 is 9.59 Å². The third-order valence-corrected chi connectivity index (χ3v) is 5.25. The molecule has 1 aliphatic heterocycles. The van der Waals surface area contributed by atoms with Gasteiger partial charge in [0, 0.05) is 43.7 Å². The predicted octanol–water partition coefficient (Wildman–Crippen LogP) is 0.529. The molecule has 3 N–H and O–H groups in total. The number of carbonyl (C=O) groups is 2. The molecule has 2 heterocycles. The molecular weight excluding hydrogens is 350 g/mol. The maximum absolute atomic E-state index is 12.1. The minimum absolute atomic E-state index is 0.0164. The number of piperazine rings is 1. The number of hydrogen-bond donors (Lipinski definition) is 2. The van der Waals surface area contributed by atoms with E-state index in [2.05, 4.69) is 27.7 Å². The standard InChI is InChI=1S/C18H23N5O2S/c19-10-16(24)20-11-17(25)23-8-6-22(7-9-23)12-15-13-26-18(21-15)14-4-2-1-3-5-14/h1-5,13H,6-12,19H2,(H,20,24). The number of carbonyl (C=O) groups excluding carboxylic acids is 2. The van der Waals surface area contributed by atoms with Crippen molar-refractivity contribution in [3.63, 3.8) is 0 Å². The van der Waals surface area contributed by atoms with Crippen molar-refractivity contribution >= 4 is 23.2 Å². The van der Waals surface area contributed by atoms with Crippen LogP contribution in [0.3, 0.4) is 0 Å². The molecule has 0 radical (unpaired) electrons. The average Bonchev–Trinajstić information content (AvgIpc) is 3.15. The van der Waals surface area contributed by atoms with Gasteiger partial charge in [0.25, 0.3) is 0 Å². The van der Waals surface area contributed by atoms with Gasteiger partial charge in [0.2, 0.25) is 11.8 Å². The van der Waals surface area contributed by atoms with E-state index in [9.17, 15) is 9.59 Å². The fourth-order valence-electron chi connectivity index (χ4n) is 2.84. The Morgan fingerprint density at radius 2 is 1.88 bits per heavy atom. The van der Waals surface area contributed by atoms with Gasteiger partial charge in [-0.3, -0.25) is 14.5 Å². The van der Waals surface area contributed by atoms with E-state index in [4.69, 9.17) is 10.7 Å². The molecular formula is C18H23N5O2S. The summed E-state index contributed by atoms with van der Waals surface area (Å²) in [6, 6.07) is 10.2. The molecule has 0 unspecified atom stereocenters. The van der Waals surface area contributed by atoms with Gasteiger partial charge in [0.05, 0.1) is 18.8 Å². The molecule has 7 nitrogen and oxygen atoms in total. The Bertz CT molecular complexity index is 741. The summed E-state index contributed by atoms with van der Waals surface area (Å²) in [4.78, 5) is 32.0. The van der Waals surface area contributed by atoms with Crippen LogP contribution in [0.2, 0.25) is 0 Å². The van der Waals surface area contributed by atoms with Crippen LogP contribution >= 0.6 is 11.3 Å². The molecule has 1 aromatic heterocycles. The quantitative estimate of drug-likeness (QED) is 0.771. The van der Waals surface area contributed by atoms with E-state index in [0.29, 0.717) is 13.1 Å². The normalized spacial score (nSPS) is 15.0. The molecule has 1 saturated heterocycles. The van der Waals surface area contributed by atoms with E-state index >= 15 is 0 Å². The third-order valence-electron chi connectivity index (χ3n) is 4.31. The van der Waals surface area contributed by atoms with Gasteiger partial charge in [-0.2, -0.15) is 0 Å². The predicted molar refractivity (Wildman–Crippen MR) is 101 cm³/mol. The summed E-state index contributed by atoms with van der Waals surface area (Å²) < 4.78 is 0. The second-order valence-electron chi connectivity index (χ2n) is 6.15. The Labute approximate surface area is 156 Å². The third kappa shape index (κ3) is 4.87.